The molecule has 0 N–H and O–H groups in total. The number of carbonyl (C=O) groups is 1. The fourth-order valence-electron chi connectivity index (χ4n) is 5.89. The van der Waals surface area contributed by atoms with Gasteiger partial charge in [-0.25, -0.2) is 0 Å². The van der Waals surface area contributed by atoms with E-state index in [1.54, 1.807) is 0 Å². The second-order valence-electron chi connectivity index (χ2n) is 10.4. The van der Waals surface area contributed by atoms with Gasteiger partial charge in [-0.2, -0.15) is 0 Å². The van der Waals surface area contributed by atoms with Crippen LogP contribution in [0.25, 0.3) is 0 Å². The normalized spacial score (nSPS) is 27.8. The Kier molecular flexibility index (Phi) is 6.72. The number of fused-ring (bicyclic) bond motifs is 1. The first-order chi connectivity index (χ1) is 14.5. The van der Waals surface area contributed by atoms with Gasteiger partial charge in [0.2, 0.25) is 5.91 Å². The molecule has 30 heavy (non-hydrogen) atoms. The maximum atomic E-state index is 12.9. The average Bonchev–Trinajstić information content (AvgIpc) is 2.90. The topological polar surface area (TPSA) is 32.8 Å². The molecule has 0 unspecified atom stereocenters. The van der Waals surface area contributed by atoms with E-state index in [1.165, 1.54) is 38.6 Å². The van der Waals surface area contributed by atoms with Crippen molar-refractivity contribution in [3.05, 3.63) is 29.8 Å². The van der Waals surface area contributed by atoms with Gasteiger partial charge in [-0.3, -0.25) is 4.79 Å². The summed E-state index contributed by atoms with van der Waals surface area (Å²) >= 11 is 0. The molecule has 166 valence electrons. The third-order valence-electron chi connectivity index (χ3n) is 7.71. The number of rotatable bonds is 4. The molecule has 1 aromatic carbocycles. The molecule has 1 spiro atoms. The SMILES string of the molecule is CC(C)C(=O)N1Cc2ccccc2OC2(CCC(N(C)CC3CCCCC3)CC2)C1. The van der Waals surface area contributed by atoms with Crippen LogP contribution in [0.1, 0.15) is 77.2 Å². The number of amides is 1. The van der Waals surface area contributed by atoms with Gasteiger partial charge in [0.1, 0.15) is 11.4 Å². The highest BCUT2D eigenvalue weighted by Crippen LogP contribution is 2.40. The summed E-state index contributed by atoms with van der Waals surface area (Å²) in [6.45, 7) is 6.64. The zero-order chi connectivity index (χ0) is 21.1. The average molecular weight is 413 g/mol. The Morgan fingerprint density at radius 2 is 1.83 bits per heavy atom. The van der Waals surface area contributed by atoms with E-state index in [0.717, 1.165) is 49.5 Å². The smallest absolute Gasteiger partial charge is 0.225 e. The van der Waals surface area contributed by atoms with Gasteiger partial charge in [0, 0.05) is 30.6 Å². The van der Waals surface area contributed by atoms with Crippen molar-refractivity contribution in [1.82, 2.24) is 9.80 Å². The van der Waals surface area contributed by atoms with E-state index in [0.29, 0.717) is 12.6 Å². The molecule has 1 aromatic rings. The number of carbonyl (C=O) groups excluding carboxylic acids is 1. The van der Waals surface area contributed by atoms with Crippen molar-refractivity contribution >= 4 is 5.91 Å². The maximum absolute atomic E-state index is 12.9. The van der Waals surface area contributed by atoms with Crippen molar-refractivity contribution < 1.29 is 9.53 Å². The third kappa shape index (κ3) is 4.85. The predicted molar refractivity (Wildman–Crippen MR) is 122 cm³/mol. The maximum Gasteiger partial charge on any atom is 0.225 e. The van der Waals surface area contributed by atoms with Crippen LogP contribution < -0.4 is 4.74 Å². The van der Waals surface area contributed by atoms with Crippen molar-refractivity contribution in [3.63, 3.8) is 0 Å². The quantitative estimate of drug-likeness (QED) is 0.676. The van der Waals surface area contributed by atoms with Crippen LogP contribution in [0.5, 0.6) is 5.75 Å². The van der Waals surface area contributed by atoms with Gasteiger partial charge in [-0.05, 0) is 57.6 Å². The van der Waals surface area contributed by atoms with E-state index in [2.05, 4.69) is 41.1 Å². The third-order valence-corrected chi connectivity index (χ3v) is 7.71. The molecule has 0 radical (unpaired) electrons. The zero-order valence-electron chi connectivity index (χ0n) is 19.2. The minimum absolute atomic E-state index is 0.0188. The number of para-hydroxylation sites is 1. The van der Waals surface area contributed by atoms with E-state index < -0.39 is 0 Å². The van der Waals surface area contributed by atoms with Gasteiger partial charge in [-0.1, -0.05) is 51.3 Å². The van der Waals surface area contributed by atoms with Gasteiger partial charge >= 0.3 is 0 Å². The summed E-state index contributed by atoms with van der Waals surface area (Å²) in [4.78, 5) is 17.6. The number of hydrogen-bond donors (Lipinski definition) is 0. The summed E-state index contributed by atoms with van der Waals surface area (Å²) < 4.78 is 6.71. The van der Waals surface area contributed by atoms with Crippen LogP contribution in [0.4, 0.5) is 0 Å². The van der Waals surface area contributed by atoms with Crippen LogP contribution in [-0.2, 0) is 11.3 Å². The molecule has 4 rings (SSSR count). The highest BCUT2D eigenvalue weighted by Gasteiger charge is 2.43. The number of nitrogens with zero attached hydrogens (tertiary/aromatic N) is 2. The first-order valence-electron chi connectivity index (χ1n) is 12.2. The summed E-state index contributed by atoms with van der Waals surface area (Å²) in [6.07, 6.45) is 11.5. The molecule has 1 amide bonds. The van der Waals surface area contributed by atoms with Crippen LogP contribution in [0.15, 0.2) is 24.3 Å². The first kappa shape index (κ1) is 21.7. The van der Waals surface area contributed by atoms with Crippen LogP contribution in [-0.4, -0.2) is 47.5 Å². The van der Waals surface area contributed by atoms with Crippen LogP contribution in [0.2, 0.25) is 0 Å². The van der Waals surface area contributed by atoms with Gasteiger partial charge < -0.3 is 14.5 Å². The van der Waals surface area contributed by atoms with Crippen molar-refractivity contribution in [1.29, 1.82) is 0 Å². The van der Waals surface area contributed by atoms with Crippen LogP contribution >= 0.6 is 0 Å². The summed E-state index contributed by atoms with van der Waals surface area (Å²) in [6, 6.07) is 8.94. The lowest BCUT2D eigenvalue weighted by Gasteiger charge is -2.44. The fraction of sp³-hybridized carbons (Fsp3) is 0.731. The highest BCUT2D eigenvalue weighted by atomic mass is 16.5. The molecule has 2 fully saturated rings. The van der Waals surface area contributed by atoms with Gasteiger partial charge in [0.25, 0.3) is 0 Å². The molecule has 1 aliphatic heterocycles. The predicted octanol–water partition coefficient (Wildman–Crippen LogP) is 5.26. The molecule has 0 saturated heterocycles. The highest BCUT2D eigenvalue weighted by molar-refractivity contribution is 5.78. The molecule has 0 bridgehead atoms. The Balaban J connectivity index is 1.44. The van der Waals surface area contributed by atoms with Crippen molar-refractivity contribution in [2.45, 2.75) is 89.8 Å². The summed E-state index contributed by atoms with van der Waals surface area (Å²) in [7, 11) is 2.33. The van der Waals surface area contributed by atoms with E-state index in [4.69, 9.17) is 4.74 Å². The lowest BCUT2D eigenvalue weighted by atomic mass is 9.80. The molecule has 3 aliphatic rings. The minimum atomic E-state index is -0.237. The van der Waals surface area contributed by atoms with E-state index in [9.17, 15) is 4.79 Å². The van der Waals surface area contributed by atoms with Crippen molar-refractivity contribution in [2.24, 2.45) is 11.8 Å². The summed E-state index contributed by atoms with van der Waals surface area (Å²) in [5, 5.41) is 0. The molecule has 2 aliphatic carbocycles. The second kappa shape index (κ2) is 9.30. The zero-order valence-corrected chi connectivity index (χ0v) is 19.2. The second-order valence-corrected chi connectivity index (χ2v) is 10.4. The van der Waals surface area contributed by atoms with Gasteiger partial charge in [0.15, 0.2) is 0 Å². The summed E-state index contributed by atoms with van der Waals surface area (Å²) in [5.74, 6) is 2.13. The molecule has 2 saturated carbocycles. The molecule has 4 nitrogen and oxygen atoms in total. The first-order valence-corrected chi connectivity index (χ1v) is 12.2. The van der Waals surface area contributed by atoms with Gasteiger partial charge in [0.05, 0.1) is 6.54 Å². The number of benzene rings is 1. The van der Waals surface area contributed by atoms with Crippen molar-refractivity contribution in [3.8, 4) is 5.75 Å². The number of hydrogen-bond acceptors (Lipinski definition) is 3. The Labute approximate surface area is 183 Å². The Hall–Kier alpha value is -1.55. The van der Waals surface area contributed by atoms with Crippen LogP contribution in [0.3, 0.4) is 0 Å². The van der Waals surface area contributed by atoms with Crippen LogP contribution in [0, 0.1) is 11.8 Å². The molecular formula is C26H40N2O2. The number of ether oxygens (including phenoxy) is 1. The molecule has 4 heteroatoms. The fourth-order valence-corrected chi connectivity index (χ4v) is 5.89. The molecule has 0 aromatic heterocycles. The minimum Gasteiger partial charge on any atom is -0.485 e. The largest absolute Gasteiger partial charge is 0.485 e. The molecule has 0 atom stereocenters. The summed E-state index contributed by atoms with van der Waals surface area (Å²) in [5.41, 5.74) is 0.902. The van der Waals surface area contributed by atoms with E-state index in [1.807, 2.05) is 13.8 Å². The van der Waals surface area contributed by atoms with E-state index in [-0.39, 0.29) is 17.4 Å². The Morgan fingerprint density at radius 1 is 1.13 bits per heavy atom. The van der Waals surface area contributed by atoms with Crippen molar-refractivity contribution in [2.75, 3.05) is 20.1 Å². The lowest BCUT2D eigenvalue weighted by Crippen LogP contribution is -2.52. The monoisotopic (exact) mass is 412 g/mol. The lowest BCUT2D eigenvalue weighted by molar-refractivity contribution is -0.138. The Morgan fingerprint density at radius 3 is 2.53 bits per heavy atom. The molecule has 1 heterocycles. The Bertz CT molecular complexity index is 717. The standard InChI is InChI=1S/C26H40N2O2/c1-20(2)25(29)28-18-22-11-7-8-12-24(22)30-26(19-28)15-13-23(14-16-26)27(3)17-21-9-5-4-6-10-21/h7-8,11-12,20-21,23H,4-6,9-10,13-19H2,1-3H3. The van der Waals surface area contributed by atoms with Gasteiger partial charge in [-0.15, -0.1) is 0 Å². The van der Waals surface area contributed by atoms with E-state index >= 15 is 0 Å². The molecular weight excluding hydrogens is 372 g/mol.